The highest BCUT2D eigenvalue weighted by Gasteiger charge is 2.22. The van der Waals surface area contributed by atoms with Crippen molar-refractivity contribution >= 4 is 10.8 Å². The van der Waals surface area contributed by atoms with Gasteiger partial charge < -0.3 is 9.88 Å². The molecule has 0 radical (unpaired) electrons. The molecular weight excluding hydrogens is 282 g/mol. The van der Waals surface area contributed by atoms with Gasteiger partial charge >= 0.3 is 0 Å². The average molecular weight is 305 g/mol. The summed E-state index contributed by atoms with van der Waals surface area (Å²) in [5, 5.41) is 2.74. The largest absolute Gasteiger partial charge is 0.348 e. The first-order valence-corrected chi connectivity index (χ1v) is 8.58. The quantitative estimate of drug-likeness (QED) is 0.790. The smallest absolute Gasteiger partial charge is 0.110 e. The van der Waals surface area contributed by atoms with Crippen LogP contribution in [0.3, 0.4) is 0 Å². The Kier molecular flexibility index (Phi) is 4.12. The number of hydrogen-bond acceptors (Lipinski definition) is 2. The molecule has 3 heteroatoms. The Labute approximate surface area is 137 Å². The summed E-state index contributed by atoms with van der Waals surface area (Å²) in [5.41, 5.74) is 1.46. The van der Waals surface area contributed by atoms with E-state index >= 15 is 0 Å². The number of imidazole rings is 1. The minimum absolute atomic E-state index is 0.561. The van der Waals surface area contributed by atoms with Crippen LogP contribution in [0.4, 0.5) is 0 Å². The summed E-state index contributed by atoms with van der Waals surface area (Å²) in [6.45, 7) is 3.46. The average Bonchev–Trinajstić information content (AvgIpc) is 3.15. The molecule has 2 heterocycles. The highest BCUT2D eigenvalue weighted by Crippen LogP contribution is 2.25. The molecule has 1 aliphatic heterocycles. The molecule has 1 atom stereocenters. The molecule has 1 aromatic heterocycles. The second-order valence-electron chi connectivity index (χ2n) is 6.50. The van der Waals surface area contributed by atoms with Crippen molar-refractivity contribution in [3.8, 4) is 0 Å². The molecule has 3 aromatic rings. The van der Waals surface area contributed by atoms with Crippen LogP contribution < -0.4 is 0 Å². The third-order valence-electron chi connectivity index (χ3n) is 4.99. The highest BCUT2D eigenvalue weighted by molar-refractivity contribution is 5.85. The summed E-state index contributed by atoms with van der Waals surface area (Å²) in [6, 6.07) is 15.4. The molecule has 4 rings (SSSR count). The van der Waals surface area contributed by atoms with E-state index in [0.717, 1.165) is 25.3 Å². The number of H-pyrrole nitrogens is 1. The molecule has 0 saturated carbocycles. The normalized spacial score (nSPS) is 19.2. The topological polar surface area (TPSA) is 31.9 Å². The molecule has 23 heavy (non-hydrogen) atoms. The van der Waals surface area contributed by atoms with Gasteiger partial charge in [-0.25, -0.2) is 4.98 Å². The summed E-state index contributed by atoms with van der Waals surface area (Å²) in [6.07, 6.45) is 7.43. The van der Waals surface area contributed by atoms with E-state index in [2.05, 4.69) is 57.3 Å². The van der Waals surface area contributed by atoms with Gasteiger partial charge in [0.05, 0.1) is 0 Å². The van der Waals surface area contributed by atoms with Crippen LogP contribution in [0.1, 0.15) is 30.1 Å². The van der Waals surface area contributed by atoms with Crippen LogP contribution in [0.2, 0.25) is 0 Å². The third-order valence-corrected chi connectivity index (χ3v) is 4.99. The standard InChI is InChI=1S/C20H23N3/c1-2-9-19-16(5-1)6-3-7-17(19)10-14-23-13-4-8-18(15-23)20-21-11-12-22-20/h1-3,5-7,9,11-12,18H,4,8,10,13-15H2,(H,21,22). The van der Waals surface area contributed by atoms with E-state index in [9.17, 15) is 0 Å². The van der Waals surface area contributed by atoms with Gasteiger partial charge in [-0.2, -0.15) is 0 Å². The Morgan fingerprint density at radius 3 is 2.96 bits per heavy atom. The molecule has 118 valence electrons. The van der Waals surface area contributed by atoms with E-state index < -0.39 is 0 Å². The van der Waals surface area contributed by atoms with Gasteiger partial charge in [0.15, 0.2) is 0 Å². The van der Waals surface area contributed by atoms with E-state index in [1.165, 1.54) is 35.7 Å². The molecule has 1 aliphatic rings. The van der Waals surface area contributed by atoms with Gasteiger partial charge in [0.1, 0.15) is 5.82 Å². The van der Waals surface area contributed by atoms with Crippen molar-refractivity contribution in [3.63, 3.8) is 0 Å². The number of benzene rings is 2. The molecule has 0 aliphatic carbocycles. The first-order valence-electron chi connectivity index (χ1n) is 8.58. The molecule has 3 nitrogen and oxygen atoms in total. The Bertz CT molecular complexity index is 758. The SMILES string of the molecule is c1ccc2c(CCN3CCCC(c4ncc[nH]4)C3)cccc2c1. The number of rotatable bonds is 4. The zero-order chi connectivity index (χ0) is 15.5. The Morgan fingerprint density at radius 1 is 1.13 bits per heavy atom. The lowest BCUT2D eigenvalue weighted by molar-refractivity contribution is 0.207. The maximum absolute atomic E-state index is 4.45. The minimum Gasteiger partial charge on any atom is -0.348 e. The van der Waals surface area contributed by atoms with Gasteiger partial charge in [-0.3, -0.25) is 0 Å². The molecular formula is C20H23N3. The van der Waals surface area contributed by atoms with Gasteiger partial charge in [-0.05, 0) is 42.1 Å². The van der Waals surface area contributed by atoms with Crippen molar-refractivity contribution in [2.45, 2.75) is 25.2 Å². The summed E-state index contributed by atoms with van der Waals surface area (Å²) in [4.78, 5) is 10.3. The molecule has 0 amide bonds. The lowest BCUT2D eigenvalue weighted by Gasteiger charge is -2.31. The first-order chi connectivity index (χ1) is 11.4. The van der Waals surface area contributed by atoms with Crippen LogP contribution in [0.15, 0.2) is 54.9 Å². The maximum atomic E-state index is 4.45. The zero-order valence-corrected chi connectivity index (χ0v) is 13.4. The van der Waals surface area contributed by atoms with Crippen molar-refractivity contribution in [3.05, 3.63) is 66.2 Å². The van der Waals surface area contributed by atoms with Crippen molar-refractivity contribution < 1.29 is 0 Å². The van der Waals surface area contributed by atoms with E-state index in [1.54, 1.807) is 0 Å². The molecule has 1 fully saturated rings. The van der Waals surface area contributed by atoms with Crippen LogP contribution in [0.5, 0.6) is 0 Å². The van der Waals surface area contributed by atoms with Crippen LogP contribution >= 0.6 is 0 Å². The predicted octanol–water partition coefficient (Wildman–Crippen LogP) is 3.99. The highest BCUT2D eigenvalue weighted by atomic mass is 15.1. The second kappa shape index (κ2) is 6.55. The van der Waals surface area contributed by atoms with Gasteiger partial charge in [0.2, 0.25) is 0 Å². The number of aromatic amines is 1. The lowest BCUT2D eigenvalue weighted by atomic mass is 9.96. The van der Waals surface area contributed by atoms with E-state index in [1.807, 2.05) is 12.4 Å². The lowest BCUT2D eigenvalue weighted by Crippen LogP contribution is -2.36. The van der Waals surface area contributed by atoms with Crippen LogP contribution in [-0.2, 0) is 6.42 Å². The summed E-state index contributed by atoms with van der Waals surface area (Å²) in [7, 11) is 0. The third kappa shape index (κ3) is 3.15. The fraction of sp³-hybridized carbons (Fsp3) is 0.350. The van der Waals surface area contributed by atoms with Gasteiger partial charge in [-0.1, -0.05) is 42.5 Å². The second-order valence-corrected chi connectivity index (χ2v) is 6.50. The van der Waals surface area contributed by atoms with E-state index in [4.69, 9.17) is 0 Å². The number of piperidine rings is 1. The monoisotopic (exact) mass is 305 g/mol. The van der Waals surface area contributed by atoms with E-state index in [0.29, 0.717) is 5.92 Å². The number of aromatic nitrogens is 2. The van der Waals surface area contributed by atoms with Gasteiger partial charge in [0, 0.05) is 31.4 Å². The summed E-state index contributed by atoms with van der Waals surface area (Å²) < 4.78 is 0. The Balaban J connectivity index is 1.44. The molecule has 2 aromatic carbocycles. The number of likely N-dealkylation sites (tertiary alicyclic amines) is 1. The van der Waals surface area contributed by atoms with Crippen molar-refractivity contribution in [2.75, 3.05) is 19.6 Å². The van der Waals surface area contributed by atoms with Crippen LogP contribution in [0.25, 0.3) is 10.8 Å². The fourth-order valence-electron chi connectivity index (χ4n) is 3.77. The number of fused-ring (bicyclic) bond motifs is 1. The molecule has 1 saturated heterocycles. The molecule has 1 N–H and O–H groups in total. The molecule has 1 unspecified atom stereocenters. The van der Waals surface area contributed by atoms with Crippen molar-refractivity contribution in [1.29, 1.82) is 0 Å². The van der Waals surface area contributed by atoms with Crippen LogP contribution in [-0.4, -0.2) is 34.5 Å². The van der Waals surface area contributed by atoms with Gasteiger partial charge in [0.25, 0.3) is 0 Å². The number of nitrogens with zero attached hydrogens (tertiary/aromatic N) is 2. The molecule has 0 spiro atoms. The summed E-state index contributed by atoms with van der Waals surface area (Å²) in [5.74, 6) is 1.71. The maximum Gasteiger partial charge on any atom is 0.110 e. The summed E-state index contributed by atoms with van der Waals surface area (Å²) >= 11 is 0. The van der Waals surface area contributed by atoms with Gasteiger partial charge in [-0.15, -0.1) is 0 Å². The first kappa shape index (κ1) is 14.5. The van der Waals surface area contributed by atoms with Crippen molar-refractivity contribution in [2.24, 2.45) is 0 Å². The fourth-order valence-corrected chi connectivity index (χ4v) is 3.77. The Morgan fingerprint density at radius 2 is 2.04 bits per heavy atom. The predicted molar refractivity (Wildman–Crippen MR) is 94.7 cm³/mol. The molecule has 0 bridgehead atoms. The van der Waals surface area contributed by atoms with E-state index in [-0.39, 0.29) is 0 Å². The Hall–Kier alpha value is -2.13. The number of nitrogens with one attached hydrogen (secondary N) is 1. The van der Waals surface area contributed by atoms with Crippen molar-refractivity contribution in [1.82, 2.24) is 14.9 Å². The minimum atomic E-state index is 0.561. The van der Waals surface area contributed by atoms with Crippen LogP contribution in [0, 0.1) is 0 Å². The number of hydrogen-bond donors (Lipinski definition) is 1. The zero-order valence-electron chi connectivity index (χ0n) is 13.4.